The summed E-state index contributed by atoms with van der Waals surface area (Å²) in [6.07, 6.45) is 7.94. The van der Waals surface area contributed by atoms with Crippen LogP contribution in [-0.4, -0.2) is 22.5 Å². The Morgan fingerprint density at radius 2 is 1.80 bits per heavy atom. The van der Waals surface area contributed by atoms with Crippen molar-refractivity contribution >= 4 is 11.9 Å². The summed E-state index contributed by atoms with van der Waals surface area (Å²) < 4.78 is 0. The maximum absolute atomic E-state index is 12.2. The number of aliphatic carboxylic acids is 1. The molecule has 4 heteroatoms. The van der Waals surface area contributed by atoms with Gasteiger partial charge in [-0.2, -0.15) is 0 Å². The summed E-state index contributed by atoms with van der Waals surface area (Å²) in [5.41, 5.74) is -0.665. The molecule has 0 aromatic rings. The third-order valence-electron chi connectivity index (χ3n) is 4.24. The van der Waals surface area contributed by atoms with Crippen LogP contribution in [-0.2, 0) is 9.59 Å². The highest BCUT2D eigenvalue weighted by molar-refractivity contribution is 5.80. The Bertz CT molecular complexity index is 331. The Hall–Kier alpha value is -1.06. The predicted molar refractivity (Wildman–Crippen MR) is 79.4 cm³/mol. The van der Waals surface area contributed by atoms with Gasteiger partial charge in [0, 0.05) is 11.5 Å². The quantitative estimate of drug-likeness (QED) is 0.753. The first-order chi connectivity index (χ1) is 9.34. The first-order valence-corrected chi connectivity index (χ1v) is 7.88. The molecule has 0 aromatic carbocycles. The molecule has 1 aliphatic rings. The molecule has 0 radical (unpaired) electrons. The molecule has 1 rings (SSSR count). The fourth-order valence-corrected chi connectivity index (χ4v) is 3.06. The van der Waals surface area contributed by atoms with Crippen molar-refractivity contribution in [1.82, 2.24) is 5.32 Å². The van der Waals surface area contributed by atoms with E-state index in [4.69, 9.17) is 5.11 Å². The number of carboxylic acid groups (broad SMARTS) is 1. The molecule has 0 unspecified atom stereocenters. The highest BCUT2D eigenvalue weighted by Gasteiger charge is 2.30. The second-order valence-corrected chi connectivity index (χ2v) is 6.80. The van der Waals surface area contributed by atoms with Crippen LogP contribution in [0.3, 0.4) is 0 Å². The smallest absolute Gasteiger partial charge is 0.305 e. The van der Waals surface area contributed by atoms with Crippen molar-refractivity contribution in [3.63, 3.8) is 0 Å². The number of unbranched alkanes of at least 4 members (excludes halogenated alkanes) is 1. The van der Waals surface area contributed by atoms with Gasteiger partial charge in [-0.3, -0.25) is 9.59 Å². The molecule has 20 heavy (non-hydrogen) atoms. The summed E-state index contributed by atoms with van der Waals surface area (Å²) in [7, 11) is 0. The average molecular weight is 283 g/mol. The summed E-state index contributed by atoms with van der Waals surface area (Å²) in [6.45, 7) is 5.75. The highest BCUT2D eigenvalue weighted by Crippen LogP contribution is 2.32. The van der Waals surface area contributed by atoms with Crippen molar-refractivity contribution in [1.29, 1.82) is 0 Å². The number of rotatable bonds is 7. The summed E-state index contributed by atoms with van der Waals surface area (Å²) >= 11 is 0. The van der Waals surface area contributed by atoms with E-state index in [1.165, 1.54) is 19.3 Å². The fraction of sp³-hybridized carbons (Fsp3) is 0.875. The lowest BCUT2D eigenvalue weighted by Gasteiger charge is -2.31. The van der Waals surface area contributed by atoms with Crippen LogP contribution in [0, 0.1) is 11.8 Å². The average Bonchev–Trinajstić information content (AvgIpc) is 2.34. The largest absolute Gasteiger partial charge is 0.481 e. The Balaban J connectivity index is 2.37. The minimum absolute atomic E-state index is 0.0326. The predicted octanol–water partition coefficient (Wildman–Crippen LogP) is 3.35. The molecule has 0 bridgehead atoms. The van der Waals surface area contributed by atoms with Gasteiger partial charge in [-0.1, -0.05) is 26.2 Å². The first kappa shape index (κ1) is 17.0. The molecule has 0 aliphatic heterocycles. The number of hydrogen-bond donors (Lipinski definition) is 2. The molecule has 0 spiro atoms. The van der Waals surface area contributed by atoms with E-state index in [1.54, 1.807) is 13.8 Å². The molecule has 0 aromatic heterocycles. The van der Waals surface area contributed by atoms with Crippen molar-refractivity contribution in [3.05, 3.63) is 0 Å². The maximum atomic E-state index is 12.2. The van der Waals surface area contributed by atoms with Crippen LogP contribution < -0.4 is 5.32 Å². The van der Waals surface area contributed by atoms with Crippen molar-refractivity contribution in [2.75, 3.05) is 0 Å². The molecule has 1 saturated carbocycles. The van der Waals surface area contributed by atoms with Gasteiger partial charge in [0.1, 0.15) is 0 Å². The Morgan fingerprint density at radius 3 is 2.30 bits per heavy atom. The Labute approximate surface area is 122 Å². The van der Waals surface area contributed by atoms with E-state index in [0.717, 1.165) is 31.6 Å². The van der Waals surface area contributed by atoms with Crippen LogP contribution in [0.1, 0.15) is 72.1 Å². The third kappa shape index (κ3) is 5.93. The number of carboxylic acids is 1. The summed E-state index contributed by atoms with van der Waals surface area (Å²) in [5, 5.41) is 11.7. The van der Waals surface area contributed by atoms with Crippen LogP contribution in [0.15, 0.2) is 0 Å². The summed E-state index contributed by atoms with van der Waals surface area (Å²) in [6, 6.07) is 0. The van der Waals surface area contributed by atoms with Gasteiger partial charge in [-0.15, -0.1) is 0 Å². The van der Waals surface area contributed by atoms with E-state index in [-0.39, 0.29) is 18.2 Å². The van der Waals surface area contributed by atoms with Gasteiger partial charge in [0.25, 0.3) is 0 Å². The van der Waals surface area contributed by atoms with Crippen LogP contribution in [0.2, 0.25) is 0 Å². The molecule has 1 fully saturated rings. The van der Waals surface area contributed by atoms with Crippen molar-refractivity contribution in [3.8, 4) is 0 Å². The highest BCUT2D eigenvalue weighted by atomic mass is 16.4. The molecular weight excluding hydrogens is 254 g/mol. The number of amides is 1. The van der Waals surface area contributed by atoms with Gasteiger partial charge in [0.15, 0.2) is 0 Å². The van der Waals surface area contributed by atoms with Crippen LogP contribution >= 0.6 is 0 Å². The first-order valence-electron chi connectivity index (χ1n) is 7.88. The van der Waals surface area contributed by atoms with Crippen LogP contribution in [0.25, 0.3) is 0 Å². The van der Waals surface area contributed by atoms with E-state index in [1.807, 2.05) is 0 Å². The standard InChI is InChI=1S/C16H29NO3/c1-4-5-6-12-7-9-13(10-8-12)15(20)17-16(2,3)11-14(18)19/h12-13H,4-11H2,1-3H3,(H,17,20)(H,18,19). The Kier molecular flexibility index (Phi) is 6.50. The molecule has 4 nitrogen and oxygen atoms in total. The lowest BCUT2D eigenvalue weighted by Crippen LogP contribution is -2.47. The zero-order chi connectivity index (χ0) is 15.2. The molecule has 1 aliphatic carbocycles. The van der Waals surface area contributed by atoms with Crippen molar-refractivity contribution in [2.45, 2.75) is 77.7 Å². The molecule has 0 saturated heterocycles. The summed E-state index contributed by atoms with van der Waals surface area (Å²) in [5.74, 6) is 0.00995. The second kappa shape index (κ2) is 7.65. The van der Waals surface area contributed by atoms with Crippen molar-refractivity contribution in [2.24, 2.45) is 11.8 Å². The van der Waals surface area contributed by atoms with Crippen molar-refractivity contribution < 1.29 is 14.7 Å². The molecule has 1 amide bonds. The topological polar surface area (TPSA) is 66.4 Å². The van der Waals surface area contributed by atoms with Gasteiger partial charge >= 0.3 is 5.97 Å². The lowest BCUT2D eigenvalue weighted by molar-refractivity contribution is -0.139. The minimum atomic E-state index is -0.876. The molecule has 116 valence electrons. The molecule has 0 atom stereocenters. The second-order valence-electron chi connectivity index (χ2n) is 6.80. The normalized spacial score (nSPS) is 23.4. The SMILES string of the molecule is CCCCC1CCC(C(=O)NC(C)(C)CC(=O)O)CC1. The Morgan fingerprint density at radius 1 is 1.20 bits per heavy atom. The van der Waals surface area contributed by atoms with Gasteiger partial charge in [0.2, 0.25) is 5.91 Å². The van der Waals surface area contributed by atoms with Gasteiger partial charge in [0.05, 0.1) is 6.42 Å². The zero-order valence-corrected chi connectivity index (χ0v) is 13.1. The number of hydrogen-bond acceptors (Lipinski definition) is 2. The lowest BCUT2D eigenvalue weighted by atomic mass is 9.79. The third-order valence-corrected chi connectivity index (χ3v) is 4.24. The van der Waals surface area contributed by atoms with E-state index < -0.39 is 11.5 Å². The van der Waals surface area contributed by atoms with Crippen LogP contribution in [0.5, 0.6) is 0 Å². The van der Waals surface area contributed by atoms with E-state index >= 15 is 0 Å². The van der Waals surface area contributed by atoms with Gasteiger partial charge in [-0.05, 0) is 45.4 Å². The van der Waals surface area contributed by atoms with Gasteiger partial charge in [-0.25, -0.2) is 0 Å². The van der Waals surface area contributed by atoms with Crippen LogP contribution in [0.4, 0.5) is 0 Å². The summed E-state index contributed by atoms with van der Waals surface area (Å²) in [4.78, 5) is 23.0. The monoisotopic (exact) mass is 283 g/mol. The molecule has 2 N–H and O–H groups in total. The zero-order valence-electron chi connectivity index (χ0n) is 13.1. The van der Waals surface area contributed by atoms with E-state index in [0.29, 0.717) is 0 Å². The molecule has 0 heterocycles. The maximum Gasteiger partial charge on any atom is 0.305 e. The van der Waals surface area contributed by atoms with E-state index in [9.17, 15) is 9.59 Å². The van der Waals surface area contributed by atoms with Gasteiger partial charge < -0.3 is 10.4 Å². The number of carbonyl (C=O) groups excluding carboxylic acids is 1. The number of nitrogens with one attached hydrogen (secondary N) is 1. The molecular formula is C16H29NO3. The van der Waals surface area contributed by atoms with E-state index in [2.05, 4.69) is 12.2 Å². The fourth-order valence-electron chi connectivity index (χ4n) is 3.06. The minimum Gasteiger partial charge on any atom is -0.481 e. The number of carbonyl (C=O) groups is 2.